The number of esters is 2. The predicted octanol–water partition coefficient (Wildman–Crippen LogP) is 5.98. The summed E-state index contributed by atoms with van der Waals surface area (Å²) in [6.07, 6.45) is 0.790. The van der Waals surface area contributed by atoms with Gasteiger partial charge in [-0.3, -0.25) is 0 Å². The Hall–Kier alpha value is -3.16. The maximum absolute atomic E-state index is 15.2. The van der Waals surface area contributed by atoms with Crippen molar-refractivity contribution in [2.24, 2.45) is 5.41 Å². The lowest BCUT2D eigenvalue weighted by Crippen LogP contribution is -2.34. The lowest BCUT2D eigenvalue weighted by atomic mass is 9.80. The number of methoxy groups -OCH3 is 1. The van der Waals surface area contributed by atoms with Gasteiger partial charge in [0.25, 0.3) is 0 Å². The minimum absolute atomic E-state index is 0.103. The zero-order valence-electron chi connectivity index (χ0n) is 22.9. The minimum Gasteiger partial charge on any atom is -0.466 e. The van der Waals surface area contributed by atoms with Crippen molar-refractivity contribution in [2.45, 2.75) is 46.6 Å². The van der Waals surface area contributed by atoms with Crippen LogP contribution >= 0.6 is 11.6 Å². The van der Waals surface area contributed by atoms with Gasteiger partial charge in [-0.15, -0.1) is 0 Å². The number of hydrogen-bond donors (Lipinski definition) is 1. The van der Waals surface area contributed by atoms with Crippen LogP contribution in [0.15, 0.2) is 71.1 Å². The molecule has 0 radical (unpaired) electrons. The van der Waals surface area contributed by atoms with Crippen molar-refractivity contribution in [3.05, 3.63) is 93.0 Å². The summed E-state index contributed by atoms with van der Waals surface area (Å²) >= 11 is 6.07. The molecule has 0 aliphatic carbocycles. The summed E-state index contributed by atoms with van der Waals surface area (Å²) in [6.45, 7) is 9.25. The molecule has 6 nitrogen and oxygen atoms in total. The van der Waals surface area contributed by atoms with Gasteiger partial charge in [0, 0.05) is 28.9 Å². The Balaban J connectivity index is 1.78. The van der Waals surface area contributed by atoms with Crippen LogP contribution in [-0.4, -0.2) is 44.1 Å². The molecule has 38 heavy (non-hydrogen) atoms. The van der Waals surface area contributed by atoms with Crippen LogP contribution in [0.4, 0.5) is 4.39 Å². The molecule has 2 aromatic rings. The number of allylic oxidation sites excluding steroid dienone is 2. The van der Waals surface area contributed by atoms with Gasteiger partial charge in [0.05, 0.1) is 35.8 Å². The lowest BCUT2D eigenvalue weighted by Gasteiger charge is -2.32. The molecule has 0 saturated heterocycles. The van der Waals surface area contributed by atoms with Crippen molar-refractivity contribution in [1.29, 1.82) is 0 Å². The second-order valence-corrected chi connectivity index (χ2v) is 10.9. The molecule has 0 saturated carbocycles. The zero-order valence-corrected chi connectivity index (χ0v) is 23.6. The molecule has 1 aliphatic heterocycles. The predicted molar refractivity (Wildman–Crippen MR) is 147 cm³/mol. The monoisotopic (exact) mass is 542 g/mol. The van der Waals surface area contributed by atoms with Crippen LogP contribution in [0.2, 0.25) is 5.02 Å². The summed E-state index contributed by atoms with van der Waals surface area (Å²) in [6, 6.07) is 14.7. The minimum atomic E-state index is -1.03. The number of hydrogen-bond acceptors (Lipinski definition) is 6. The average molecular weight is 543 g/mol. The molecule has 204 valence electrons. The van der Waals surface area contributed by atoms with Crippen LogP contribution in [0.3, 0.4) is 0 Å². The van der Waals surface area contributed by atoms with E-state index >= 15 is 4.39 Å². The normalized spacial score (nSPS) is 16.0. The number of carbonyl (C=O) groups is 2. The van der Waals surface area contributed by atoms with Crippen LogP contribution in [-0.2, 0) is 25.6 Å². The first-order valence-corrected chi connectivity index (χ1v) is 12.9. The molecule has 0 aromatic heterocycles. The molecular weight excluding hydrogens is 507 g/mol. The highest BCUT2D eigenvalue weighted by Gasteiger charge is 2.39. The third-order valence-corrected chi connectivity index (χ3v) is 7.03. The van der Waals surface area contributed by atoms with Crippen LogP contribution < -0.4 is 5.32 Å². The highest BCUT2D eigenvalue weighted by molar-refractivity contribution is 6.30. The molecule has 0 amide bonds. The summed E-state index contributed by atoms with van der Waals surface area (Å²) in [7, 11) is 3.30. The summed E-state index contributed by atoms with van der Waals surface area (Å²) in [4.78, 5) is 28.5. The van der Waals surface area contributed by atoms with Gasteiger partial charge in [0.1, 0.15) is 5.82 Å². The maximum Gasteiger partial charge on any atom is 0.336 e. The molecular formula is C30H36ClFN2O4. The molecule has 1 atom stereocenters. The molecule has 1 aliphatic rings. The quantitative estimate of drug-likeness (QED) is 0.373. The first kappa shape index (κ1) is 29.4. The van der Waals surface area contributed by atoms with Gasteiger partial charge in [-0.25, -0.2) is 14.0 Å². The number of benzene rings is 2. The van der Waals surface area contributed by atoms with Crippen molar-refractivity contribution in [3.63, 3.8) is 0 Å². The Morgan fingerprint density at radius 1 is 1.03 bits per heavy atom. The molecule has 3 rings (SSSR count). The Morgan fingerprint density at radius 3 is 2.29 bits per heavy atom. The summed E-state index contributed by atoms with van der Waals surface area (Å²) < 4.78 is 26.0. The van der Waals surface area contributed by atoms with Crippen molar-refractivity contribution < 1.29 is 23.5 Å². The van der Waals surface area contributed by atoms with Crippen molar-refractivity contribution >= 4 is 23.5 Å². The first-order valence-electron chi connectivity index (χ1n) is 12.6. The molecule has 2 aromatic carbocycles. The second kappa shape index (κ2) is 12.6. The Bertz CT molecular complexity index is 1240. The summed E-state index contributed by atoms with van der Waals surface area (Å²) in [5.41, 5.74) is 2.25. The third-order valence-electron chi connectivity index (χ3n) is 6.74. The Morgan fingerprint density at radius 2 is 1.66 bits per heavy atom. The standard InChI is InChI=1S/C30H36ClFN2O4/c1-19-24(28(35)37-6)26(22-13-10-14-23(31)27(22)32)25(20(2)33-19)29(36)38-18-30(3,4)15-16-34(5)17-21-11-8-7-9-12-21/h7-14,26,33H,15-18H2,1-6H3. The van der Waals surface area contributed by atoms with Crippen molar-refractivity contribution in [3.8, 4) is 0 Å². The Labute approximate surface area is 229 Å². The van der Waals surface area contributed by atoms with E-state index in [9.17, 15) is 9.59 Å². The highest BCUT2D eigenvalue weighted by Crippen LogP contribution is 2.41. The van der Waals surface area contributed by atoms with Gasteiger partial charge in [-0.1, -0.05) is 67.9 Å². The molecule has 8 heteroatoms. The van der Waals surface area contributed by atoms with E-state index in [0.717, 1.165) is 19.5 Å². The smallest absolute Gasteiger partial charge is 0.336 e. The zero-order chi connectivity index (χ0) is 28.0. The van der Waals surface area contributed by atoms with Crippen molar-refractivity contribution in [2.75, 3.05) is 27.3 Å². The number of rotatable bonds is 10. The lowest BCUT2D eigenvalue weighted by molar-refractivity contribution is -0.142. The van der Waals surface area contributed by atoms with Crippen LogP contribution in [0.1, 0.15) is 51.2 Å². The number of nitrogens with zero attached hydrogens (tertiary/aromatic N) is 1. The third kappa shape index (κ3) is 7.03. The number of ether oxygens (including phenoxy) is 2. The Kier molecular flexibility index (Phi) is 9.74. The fourth-order valence-electron chi connectivity index (χ4n) is 4.58. The van der Waals surface area contributed by atoms with Gasteiger partial charge >= 0.3 is 11.9 Å². The van der Waals surface area contributed by atoms with Crippen molar-refractivity contribution in [1.82, 2.24) is 10.2 Å². The van der Waals surface area contributed by atoms with Crippen LogP contribution in [0.25, 0.3) is 0 Å². The topological polar surface area (TPSA) is 67.9 Å². The van der Waals surface area contributed by atoms with Gasteiger partial charge in [-0.05, 0) is 45.5 Å². The molecule has 0 bridgehead atoms. The van der Waals surface area contributed by atoms with Crippen LogP contribution in [0.5, 0.6) is 0 Å². The molecule has 1 heterocycles. The molecule has 1 unspecified atom stereocenters. The van der Waals surface area contributed by atoms with E-state index in [1.807, 2.05) is 32.0 Å². The van der Waals surface area contributed by atoms with Gasteiger partial charge < -0.3 is 19.7 Å². The molecule has 1 N–H and O–H groups in total. The SMILES string of the molecule is COC(=O)C1=C(C)NC(C)=C(C(=O)OCC(C)(C)CCN(C)Cc2ccccc2)C1c1cccc(Cl)c1F. The fourth-order valence-corrected chi connectivity index (χ4v) is 4.76. The number of dihydropyridines is 1. The number of nitrogens with one attached hydrogen (secondary N) is 1. The van der Waals surface area contributed by atoms with Gasteiger partial charge in [0.15, 0.2) is 0 Å². The van der Waals surface area contributed by atoms with E-state index in [4.69, 9.17) is 21.1 Å². The van der Waals surface area contributed by atoms with Gasteiger partial charge in [-0.2, -0.15) is 0 Å². The van der Waals surface area contributed by atoms with E-state index in [-0.39, 0.29) is 33.8 Å². The largest absolute Gasteiger partial charge is 0.466 e. The summed E-state index contributed by atoms with van der Waals surface area (Å²) in [5.74, 6) is -3.02. The molecule has 0 spiro atoms. The maximum atomic E-state index is 15.2. The van der Waals surface area contributed by atoms with E-state index in [1.54, 1.807) is 19.9 Å². The first-order chi connectivity index (χ1) is 17.9. The number of halogens is 2. The van der Waals surface area contributed by atoms with E-state index in [2.05, 4.69) is 29.4 Å². The van der Waals surface area contributed by atoms with Crippen LogP contribution in [0, 0.1) is 11.2 Å². The highest BCUT2D eigenvalue weighted by atomic mass is 35.5. The summed E-state index contributed by atoms with van der Waals surface area (Å²) in [5, 5.41) is 2.96. The van der Waals surface area contributed by atoms with E-state index in [1.165, 1.54) is 24.8 Å². The second-order valence-electron chi connectivity index (χ2n) is 10.5. The van der Waals surface area contributed by atoms with E-state index < -0.39 is 23.7 Å². The average Bonchev–Trinajstić information content (AvgIpc) is 2.88. The molecule has 0 fully saturated rings. The fraction of sp³-hybridized carbons (Fsp3) is 0.400. The van der Waals surface area contributed by atoms with E-state index in [0.29, 0.717) is 11.4 Å². The van der Waals surface area contributed by atoms with Gasteiger partial charge in [0.2, 0.25) is 0 Å². The number of carbonyl (C=O) groups excluding carboxylic acids is 2.